The fourth-order valence-corrected chi connectivity index (χ4v) is 4.39. The van der Waals surface area contributed by atoms with Crippen molar-refractivity contribution < 1.29 is 18.7 Å². The van der Waals surface area contributed by atoms with E-state index in [1.165, 1.54) is 0 Å². The Morgan fingerprint density at radius 2 is 1.86 bits per heavy atom. The molecule has 10 heteroatoms. The molecule has 8 nitrogen and oxygen atoms in total. The molecule has 2 N–H and O–H groups in total. The summed E-state index contributed by atoms with van der Waals surface area (Å²) in [6.45, 7) is 1.78. The molecule has 3 aromatic rings. The number of aryl methyl sites for hydroxylation is 1. The Morgan fingerprint density at radius 1 is 1.18 bits per heavy atom. The smallest absolute Gasteiger partial charge is 0.348 e. The van der Waals surface area contributed by atoms with Crippen molar-refractivity contribution in [3.05, 3.63) is 75.5 Å². The fourth-order valence-electron chi connectivity index (χ4n) is 2.66. The van der Waals surface area contributed by atoms with E-state index in [4.69, 9.17) is 5.53 Å². The number of carbonyl (C=O) groups is 1. The van der Waals surface area contributed by atoms with Crippen molar-refractivity contribution in [1.29, 1.82) is 0 Å². The van der Waals surface area contributed by atoms with Crippen LogP contribution in [0.5, 0.6) is 0 Å². The predicted molar refractivity (Wildman–Crippen MR) is 110 cm³/mol. The highest BCUT2D eigenvalue weighted by Crippen LogP contribution is 2.41. The van der Waals surface area contributed by atoms with Gasteiger partial charge in [-0.15, -0.1) is 11.3 Å². The minimum absolute atomic E-state index is 0.0558. The molecule has 0 spiro atoms. The third-order valence-corrected chi connectivity index (χ3v) is 5.80. The van der Waals surface area contributed by atoms with Gasteiger partial charge in [0.05, 0.1) is 11.4 Å². The van der Waals surface area contributed by atoms with Crippen LogP contribution in [0.1, 0.15) is 15.2 Å². The molecule has 2 aromatic carbocycles. The van der Waals surface area contributed by atoms with E-state index in [1.807, 2.05) is 0 Å². The lowest BCUT2D eigenvalue weighted by molar-refractivity contribution is 0.0703. The molecular formula is C18H14N4O4S2. The van der Waals surface area contributed by atoms with Gasteiger partial charge in [0.25, 0.3) is 11.3 Å². The zero-order valence-electron chi connectivity index (χ0n) is 14.5. The van der Waals surface area contributed by atoms with E-state index >= 15 is 0 Å². The molecule has 1 atom stereocenters. The van der Waals surface area contributed by atoms with Gasteiger partial charge in [-0.05, 0) is 35.7 Å². The lowest BCUT2D eigenvalue weighted by Gasteiger charge is -2.21. The van der Waals surface area contributed by atoms with E-state index in [1.54, 1.807) is 61.5 Å². The predicted octanol–water partition coefficient (Wildman–Crippen LogP) is 5.64. The minimum Gasteiger partial charge on any atom is -0.477 e. The summed E-state index contributed by atoms with van der Waals surface area (Å²) in [5, 5.41) is 13.1. The number of rotatable bonds is 6. The molecule has 3 rings (SSSR count). The Kier molecular flexibility index (Phi) is 5.76. The Balaban J connectivity index is 2.14. The second-order valence-corrected chi connectivity index (χ2v) is 7.56. The number of aromatic carboxylic acids is 1. The van der Waals surface area contributed by atoms with Gasteiger partial charge in [-0.25, -0.2) is 13.3 Å². The van der Waals surface area contributed by atoms with E-state index in [-0.39, 0.29) is 10.6 Å². The summed E-state index contributed by atoms with van der Waals surface area (Å²) in [6.07, 6.45) is 0. The van der Waals surface area contributed by atoms with Crippen LogP contribution in [-0.4, -0.2) is 19.8 Å². The van der Waals surface area contributed by atoms with Crippen LogP contribution in [0.3, 0.4) is 0 Å². The molecule has 1 unspecified atom stereocenters. The fraction of sp³-hybridized carbons (Fsp3) is 0.0556. The van der Waals surface area contributed by atoms with Gasteiger partial charge >= 0.3 is 5.97 Å². The SMILES string of the molecule is Cc1ccccc1N(c1cc(-c2ccc(N=[N+]=[N-])cc2)sc1C(=O)O)S(=O)O. The summed E-state index contributed by atoms with van der Waals surface area (Å²) >= 11 is -1.47. The summed E-state index contributed by atoms with van der Waals surface area (Å²) in [4.78, 5) is 15.1. The highest BCUT2D eigenvalue weighted by Gasteiger charge is 2.26. The average Bonchev–Trinajstić information content (AvgIpc) is 3.09. The van der Waals surface area contributed by atoms with Crippen LogP contribution in [0, 0.1) is 6.92 Å². The Morgan fingerprint density at radius 3 is 2.43 bits per heavy atom. The maximum atomic E-state index is 12.1. The molecule has 0 radical (unpaired) electrons. The van der Waals surface area contributed by atoms with E-state index in [0.29, 0.717) is 21.8 Å². The first-order valence-electron chi connectivity index (χ1n) is 7.91. The van der Waals surface area contributed by atoms with Crippen molar-refractivity contribution in [3.8, 4) is 10.4 Å². The zero-order valence-corrected chi connectivity index (χ0v) is 16.1. The van der Waals surface area contributed by atoms with Crippen LogP contribution in [0.25, 0.3) is 20.9 Å². The van der Waals surface area contributed by atoms with Gasteiger partial charge in [0.15, 0.2) is 0 Å². The quantitative estimate of drug-likeness (QED) is 0.234. The first-order valence-corrected chi connectivity index (χ1v) is 9.79. The van der Waals surface area contributed by atoms with Gasteiger partial charge in [0.2, 0.25) is 0 Å². The number of nitrogens with zero attached hydrogens (tertiary/aromatic N) is 4. The average molecular weight is 414 g/mol. The van der Waals surface area contributed by atoms with Crippen molar-refractivity contribution in [2.24, 2.45) is 5.11 Å². The third kappa shape index (κ3) is 3.90. The number of para-hydroxylation sites is 1. The topological polar surface area (TPSA) is 127 Å². The van der Waals surface area contributed by atoms with Crippen LogP contribution in [-0.2, 0) is 11.3 Å². The van der Waals surface area contributed by atoms with Crippen molar-refractivity contribution >= 4 is 45.6 Å². The summed E-state index contributed by atoms with van der Waals surface area (Å²) < 4.78 is 23.1. The number of carboxylic acid groups (broad SMARTS) is 1. The number of benzene rings is 2. The largest absolute Gasteiger partial charge is 0.477 e. The molecule has 0 bridgehead atoms. The number of azide groups is 1. The normalized spacial score (nSPS) is 11.5. The number of thiophene rings is 1. The molecule has 0 saturated heterocycles. The molecule has 142 valence electrons. The molecule has 0 aliphatic rings. The molecule has 0 amide bonds. The molecule has 0 aliphatic heterocycles. The Bertz CT molecular complexity index is 1110. The lowest BCUT2D eigenvalue weighted by atomic mass is 10.1. The number of hydrogen-bond acceptors (Lipinski definition) is 4. The molecule has 1 heterocycles. The van der Waals surface area contributed by atoms with Gasteiger partial charge in [0.1, 0.15) is 4.88 Å². The summed E-state index contributed by atoms with van der Waals surface area (Å²) in [5.74, 6) is -1.19. The molecule has 0 fully saturated rings. The summed E-state index contributed by atoms with van der Waals surface area (Å²) in [5.41, 5.74) is 10.9. The van der Waals surface area contributed by atoms with Crippen molar-refractivity contribution in [2.75, 3.05) is 4.31 Å². The molecule has 0 saturated carbocycles. The highest BCUT2D eigenvalue weighted by atomic mass is 32.2. The van der Waals surface area contributed by atoms with Crippen LogP contribution < -0.4 is 4.31 Å². The summed E-state index contributed by atoms with van der Waals surface area (Å²) in [7, 11) is 0. The number of hydrogen-bond donors (Lipinski definition) is 2. The summed E-state index contributed by atoms with van der Waals surface area (Å²) in [6, 6.07) is 15.1. The Hall–Kier alpha value is -3.17. The van der Waals surface area contributed by atoms with E-state index in [0.717, 1.165) is 21.2 Å². The first kappa shape index (κ1) is 19.6. The maximum absolute atomic E-state index is 12.1. The monoisotopic (exact) mass is 414 g/mol. The molecule has 1 aromatic heterocycles. The minimum atomic E-state index is -2.47. The number of anilines is 2. The van der Waals surface area contributed by atoms with Crippen LogP contribution in [0.15, 0.2) is 59.7 Å². The Labute approximate surface area is 166 Å². The number of carboxylic acids is 1. The van der Waals surface area contributed by atoms with E-state index < -0.39 is 17.2 Å². The van der Waals surface area contributed by atoms with Crippen LogP contribution in [0.2, 0.25) is 0 Å². The lowest BCUT2D eigenvalue weighted by Crippen LogP contribution is -2.21. The molecular weight excluding hydrogens is 400 g/mol. The zero-order chi connectivity index (χ0) is 20.3. The van der Waals surface area contributed by atoms with E-state index in [9.17, 15) is 18.7 Å². The maximum Gasteiger partial charge on any atom is 0.348 e. The van der Waals surface area contributed by atoms with Gasteiger partial charge in [-0.1, -0.05) is 47.6 Å². The van der Waals surface area contributed by atoms with Gasteiger partial charge in [-0.2, -0.15) is 0 Å². The van der Waals surface area contributed by atoms with Crippen molar-refractivity contribution in [1.82, 2.24) is 0 Å². The second kappa shape index (κ2) is 8.24. The van der Waals surface area contributed by atoms with Crippen molar-refractivity contribution in [2.45, 2.75) is 6.92 Å². The highest BCUT2D eigenvalue weighted by molar-refractivity contribution is 7.81. The molecule has 28 heavy (non-hydrogen) atoms. The first-order chi connectivity index (χ1) is 13.4. The van der Waals surface area contributed by atoms with Gasteiger partial charge in [0, 0.05) is 15.5 Å². The second-order valence-electron chi connectivity index (χ2n) is 5.68. The third-order valence-electron chi connectivity index (χ3n) is 3.93. The van der Waals surface area contributed by atoms with Crippen LogP contribution in [0.4, 0.5) is 17.1 Å². The van der Waals surface area contributed by atoms with Gasteiger partial charge in [-0.3, -0.25) is 4.55 Å². The van der Waals surface area contributed by atoms with E-state index in [2.05, 4.69) is 10.0 Å². The van der Waals surface area contributed by atoms with Crippen molar-refractivity contribution in [3.63, 3.8) is 0 Å². The van der Waals surface area contributed by atoms with Gasteiger partial charge < -0.3 is 5.11 Å². The van der Waals surface area contributed by atoms with Crippen LogP contribution >= 0.6 is 11.3 Å². The standard InChI is InChI=1S/C18H14N4O4S2/c1-11-4-2-3-5-14(11)22(28(25)26)15-10-16(27-17(15)18(23)24)12-6-8-13(9-7-12)20-21-19/h2-10H,1H3,(H,23,24)(H,25,26). The molecule has 0 aliphatic carbocycles.